The number of hydrogen-bond acceptors (Lipinski definition) is 19. The van der Waals surface area contributed by atoms with Crippen LogP contribution in [-0.2, 0) is 49.6 Å². The Kier molecular flexibility index (Phi) is 20.8. The fraction of sp³-hybridized carbons (Fsp3) is 0.429. The summed E-state index contributed by atoms with van der Waals surface area (Å²) in [6, 6.07) is 33.9. The van der Waals surface area contributed by atoms with Crippen LogP contribution in [0.25, 0.3) is 11.2 Å². The molecule has 21 nitrogen and oxygen atoms in total. The summed E-state index contributed by atoms with van der Waals surface area (Å²) < 4.78 is 60.3. The van der Waals surface area contributed by atoms with E-state index in [9.17, 15) is 25.0 Å². The van der Waals surface area contributed by atoms with Crippen molar-refractivity contribution in [2.24, 2.45) is 0 Å². The van der Waals surface area contributed by atoms with Gasteiger partial charge in [0.25, 0.3) is 14.2 Å². The van der Waals surface area contributed by atoms with Gasteiger partial charge in [0.05, 0.1) is 63.9 Å². The zero-order valence-electron chi connectivity index (χ0n) is 45.1. The maximum Gasteiger partial charge on any atom is 0.303 e. The molecule has 2 unspecified atom stereocenters. The van der Waals surface area contributed by atoms with E-state index in [1.165, 1.54) is 26.0 Å². The maximum atomic E-state index is 12.0. The number of nitro groups is 1. The molecule has 5 atom stereocenters. The van der Waals surface area contributed by atoms with E-state index in [-0.39, 0.29) is 81.8 Å². The van der Waals surface area contributed by atoms with E-state index in [1.54, 1.807) is 37.2 Å². The van der Waals surface area contributed by atoms with Gasteiger partial charge in [0.1, 0.15) is 42.1 Å². The Hall–Kier alpha value is -7.31. The summed E-state index contributed by atoms with van der Waals surface area (Å²) in [6.45, 7) is 11.2. The van der Waals surface area contributed by atoms with Crippen LogP contribution in [0.15, 0.2) is 109 Å². The third kappa shape index (κ3) is 14.8. The van der Waals surface area contributed by atoms with Crippen LogP contribution in [0.5, 0.6) is 17.4 Å². The van der Waals surface area contributed by atoms with E-state index in [4.69, 9.17) is 57.2 Å². The van der Waals surface area contributed by atoms with E-state index in [0.29, 0.717) is 29.1 Å². The second kappa shape index (κ2) is 27.8. The number of carbonyl (C=O) groups excluding carboxylic acids is 2. The van der Waals surface area contributed by atoms with Crippen molar-refractivity contribution in [3.8, 4) is 23.4 Å². The molecule has 1 fully saturated rings. The van der Waals surface area contributed by atoms with E-state index in [0.717, 1.165) is 22.3 Å². The lowest BCUT2D eigenvalue weighted by Gasteiger charge is -2.39. The number of ether oxygens (including phenoxy) is 7. The van der Waals surface area contributed by atoms with Crippen molar-refractivity contribution in [2.45, 2.75) is 109 Å². The standard InChI is InChI=1S/C56H67N8O13P/c1-37(2)63(38(3)4)78(74-31-12-29-57)77-49-33-51(76-50(49)35-73-56(42-13-10-9-11-14-42,43-17-23-46(69-7)24-18-43)44-19-25-47(70-8)26-20-44)62-36-59-52-53(62)60-55(58-30-27-48(75-40(6)66)34-72-39(5)65)61-54(52)71-32-28-41-15-21-45(22-16-41)64(67)68/h9-11,13-26,36-38,48-51H,12,27-28,30-35H2,1-8H3,(H,58,60,61)/t48?,49-,50+,51+,78?/m0/s1. The molecule has 0 aliphatic carbocycles. The summed E-state index contributed by atoms with van der Waals surface area (Å²) >= 11 is 0. The number of hydrogen-bond donors (Lipinski definition) is 1. The zero-order valence-corrected chi connectivity index (χ0v) is 46.0. The molecule has 6 aromatic rings. The van der Waals surface area contributed by atoms with E-state index in [2.05, 4.69) is 43.8 Å². The molecule has 1 saturated heterocycles. The number of nitrogens with zero attached hydrogens (tertiary/aromatic N) is 7. The molecule has 414 valence electrons. The SMILES string of the molecule is COc1ccc(C(OC[C@H]2O[C@@H](n3cnc4c(OCCc5ccc([N+](=O)[O-])cc5)nc(NCCC(COC(C)=O)OC(C)=O)nc43)C[C@@H]2OP(OCCC#N)N(C(C)C)C(C)C)(c2ccccc2)c2ccc(OC)cc2)cc1. The Balaban J connectivity index is 1.29. The molecule has 3 heterocycles. The first-order valence-corrected chi connectivity index (χ1v) is 26.8. The van der Waals surface area contributed by atoms with E-state index < -0.39 is 55.5 Å². The highest BCUT2D eigenvalue weighted by Gasteiger charge is 2.45. The highest BCUT2D eigenvalue weighted by Crippen LogP contribution is 2.51. The van der Waals surface area contributed by atoms with Gasteiger partial charge in [-0.1, -0.05) is 66.7 Å². The Morgan fingerprint density at radius 2 is 1.54 bits per heavy atom. The first-order chi connectivity index (χ1) is 37.6. The molecule has 7 rings (SSSR count). The van der Waals surface area contributed by atoms with Gasteiger partial charge in [0, 0.05) is 63.9 Å². The number of rotatable bonds is 29. The molecule has 1 aliphatic heterocycles. The monoisotopic (exact) mass is 1090 g/mol. The second-order valence-corrected chi connectivity index (χ2v) is 20.2. The number of benzene rings is 4. The van der Waals surface area contributed by atoms with Crippen LogP contribution in [0.4, 0.5) is 11.6 Å². The van der Waals surface area contributed by atoms with Gasteiger partial charge in [0.15, 0.2) is 11.2 Å². The summed E-state index contributed by atoms with van der Waals surface area (Å²) in [5, 5.41) is 24.1. The van der Waals surface area contributed by atoms with Crippen molar-refractivity contribution >= 4 is 43.3 Å². The van der Waals surface area contributed by atoms with Gasteiger partial charge < -0.3 is 47.5 Å². The molecule has 0 saturated carbocycles. The molecule has 0 spiro atoms. The van der Waals surface area contributed by atoms with Crippen LogP contribution in [0.3, 0.4) is 0 Å². The zero-order chi connectivity index (χ0) is 55.8. The molecule has 0 amide bonds. The van der Waals surface area contributed by atoms with Gasteiger partial charge >= 0.3 is 11.9 Å². The van der Waals surface area contributed by atoms with Gasteiger partial charge in [-0.05, 0) is 74.2 Å². The highest BCUT2D eigenvalue weighted by molar-refractivity contribution is 7.44. The third-order valence-corrected chi connectivity index (χ3v) is 14.9. The van der Waals surface area contributed by atoms with Crippen LogP contribution >= 0.6 is 8.53 Å². The highest BCUT2D eigenvalue weighted by atomic mass is 31.2. The second-order valence-electron chi connectivity index (χ2n) is 18.8. The number of nitrogens with one attached hydrogen (secondary N) is 1. The average Bonchev–Trinajstić information content (AvgIpc) is 4.11. The molecule has 0 radical (unpaired) electrons. The number of nitro benzene ring substituents is 1. The van der Waals surface area contributed by atoms with Gasteiger partial charge in [-0.25, -0.2) is 9.65 Å². The number of fused-ring (bicyclic) bond motifs is 1. The number of carbonyl (C=O) groups is 2. The van der Waals surface area contributed by atoms with Crippen LogP contribution in [0.1, 0.15) is 89.3 Å². The molecule has 0 bridgehead atoms. The molecule has 1 N–H and O–H groups in total. The molecular formula is C56H67N8O13P. The van der Waals surface area contributed by atoms with E-state index in [1.807, 2.05) is 78.9 Å². The predicted octanol–water partition coefficient (Wildman–Crippen LogP) is 9.63. The van der Waals surface area contributed by atoms with Gasteiger partial charge in [0.2, 0.25) is 11.8 Å². The fourth-order valence-electron chi connectivity index (χ4n) is 9.12. The summed E-state index contributed by atoms with van der Waals surface area (Å²) in [5.74, 6) is 0.603. The molecule has 22 heteroatoms. The lowest BCUT2D eigenvalue weighted by molar-refractivity contribution is -0.384. The lowest BCUT2D eigenvalue weighted by Crippen LogP contribution is -2.39. The first-order valence-electron chi connectivity index (χ1n) is 25.7. The molecule has 4 aromatic carbocycles. The van der Waals surface area contributed by atoms with Crippen molar-refractivity contribution in [3.63, 3.8) is 0 Å². The van der Waals surface area contributed by atoms with Gasteiger partial charge in [-0.3, -0.25) is 24.3 Å². The van der Waals surface area contributed by atoms with Crippen molar-refractivity contribution in [3.05, 3.63) is 142 Å². The fourth-order valence-corrected chi connectivity index (χ4v) is 10.9. The third-order valence-electron chi connectivity index (χ3n) is 12.7. The molecule has 78 heavy (non-hydrogen) atoms. The van der Waals surface area contributed by atoms with Crippen LogP contribution in [-0.4, -0.2) is 119 Å². The molecular weight excluding hydrogens is 1020 g/mol. The number of nitriles is 1. The van der Waals surface area contributed by atoms with Crippen molar-refractivity contribution in [2.75, 3.05) is 52.5 Å². The lowest BCUT2D eigenvalue weighted by atomic mass is 9.80. The number of non-ortho nitro benzene ring substituents is 1. The minimum Gasteiger partial charge on any atom is -0.497 e. The average molecular weight is 1090 g/mol. The van der Waals surface area contributed by atoms with Crippen LogP contribution in [0.2, 0.25) is 0 Å². The van der Waals surface area contributed by atoms with Crippen LogP contribution < -0.4 is 19.5 Å². The summed E-state index contributed by atoms with van der Waals surface area (Å²) in [5.41, 5.74) is 2.75. The summed E-state index contributed by atoms with van der Waals surface area (Å²) in [7, 11) is 1.48. The summed E-state index contributed by atoms with van der Waals surface area (Å²) in [6.07, 6.45) is -0.238. The van der Waals surface area contributed by atoms with E-state index >= 15 is 0 Å². The number of aromatic nitrogens is 4. The minimum atomic E-state index is -1.77. The topological polar surface area (TPSA) is 243 Å². The number of methoxy groups -OCH3 is 2. The van der Waals surface area contributed by atoms with Crippen LogP contribution in [0, 0.1) is 21.4 Å². The first kappa shape index (κ1) is 58.4. The van der Waals surface area contributed by atoms with Crippen molar-refractivity contribution in [1.29, 1.82) is 5.26 Å². The Morgan fingerprint density at radius 1 is 0.897 bits per heavy atom. The predicted molar refractivity (Wildman–Crippen MR) is 290 cm³/mol. The van der Waals surface area contributed by atoms with Gasteiger partial charge in [-0.15, -0.1) is 0 Å². The quantitative estimate of drug-likeness (QED) is 0.0115. The van der Waals surface area contributed by atoms with Crippen molar-refractivity contribution < 1.29 is 56.7 Å². The largest absolute Gasteiger partial charge is 0.497 e. The maximum absolute atomic E-state index is 12.0. The number of imidazole rings is 1. The summed E-state index contributed by atoms with van der Waals surface area (Å²) in [4.78, 5) is 48.9. The normalized spacial score (nSPS) is 16.2. The minimum absolute atomic E-state index is 0.00110. The smallest absolute Gasteiger partial charge is 0.303 e. The van der Waals surface area contributed by atoms with Crippen molar-refractivity contribution in [1.82, 2.24) is 24.2 Å². The Labute approximate surface area is 455 Å². The number of esters is 2. The Morgan fingerprint density at radius 3 is 2.12 bits per heavy atom. The molecule has 1 aliphatic rings. The number of anilines is 1. The Bertz CT molecular complexity index is 2890. The van der Waals surface area contributed by atoms with Gasteiger partial charge in [-0.2, -0.15) is 15.2 Å². The molecule has 2 aromatic heterocycles.